The molecule has 2 aromatic carbocycles. The number of benzene rings is 2. The standard InChI is InChI=1S/C22H14N6O7S/c23-25-24-15-10-36-21-17(26-18(29)13-3-1-2-4-14(13)19(26)30)20(31)27(21)16(15)22(32)35-9-11-5-7-12(8-6-11)28(33)34/h1-8,17,21H,9-10H2/t17?,21-/m1/s1. The molecule has 180 valence electrons. The lowest BCUT2D eigenvalue weighted by Gasteiger charge is -2.51. The predicted octanol–water partition coefficient (Wildman–Crippen LogP) is 2.74. The molecule has 5 rings (SSSR count). The summed E-state index contributed by atoms with van der Waals surface area (Å²) in [5.41, 5.74) is 9.36. The Kier molecular flexibility index (Phi) is 5.66. The quantitative estimate of drug-likeness (QED) is 0.0839. The zero-order chi connectivity index (χ0) is 25.6. The van der Waals surface area contributed by atoms with Crippen molar-refractivity contribution in [2.75, 3.05) is 5.75 Å². The number of rotatable bonds is 6. The molecule has 0 spiro atoms. The van der Waals surface area contributed by atoms with Crippen LogP contribution in [-0.2, 0) is 20.9 Å². The fourth-order valence-electron chi connectivity index (χ4n) is 4.20. The molecule has 0 aliphatic carbocycles. The second kappa shape index (κ2) is 8.83. The maximum absolute atomic E-state index is 13.2. The number of ether oxygens (including phenoxy) is 1. The average molecular weight is 506 g/mol. The van der Waals surface area contributed by atoms with Crippen molar-refractivity contribution in [3.05, 3.63) is 97.2 Å². The van der Waals surface area contributed by atoms with Crippen LogP contribution >= 0.6 is 11.8 Å². The van der Waals surface area contributed by atoms with E-state index in [-0.39, 0.29) is 40.6 Å². The maximum atomic E-state index is 13.2. The summed E-state index contributed by atoms with van der Waals surface area (Å²) in [5.74, 6) is -2.78. The van der Waals surface area contributed by atoms with Crippen molar-refractivity contribution >= 4 is 41.1 Å². The SMILES string of the molecule is [N-]=[N+]=NC1=C(C(=O)OCc2ccc([N+](=O)[O-])cc2)N2C(=O)C(N3C(=O)c4ccccc4C3=O)[C@H]2SC1. The smallest absolute Gasteiger partial charge is 0.355 e. The van der Waals surface area contributed by atoms with E-state index in [0.29, 0.717) is 5.56 Å². The van der Waals surface area contributed by atoms with Crippen molar-refractivity contribution in [2.45, 2.75) is 18.0 Å². The summed E-state index contributed by atoms with van der Waals surface area (Å²) in [4.78, 5) is 66.9. The molecule has 0 radical (unpaired) electrons. The summed E-state index contributed by atoms with van der Waals surface area (Å²) in [7, 11) is 0. The van der Waals surface area contributed by atoms with E-state index in [4.69, 9.17) is 10.3 Å². The highest BCUT2D eigenvalue weighted by atomic mass is 32.2. The number of nitrogens with zero attached hydrogens (tertiary/aromatic N) is 6. The lowest BCUT2D eigenvalue weighted by atomic mass is 10.0. The highest BCUT2D eigenvalue weighted by Gasteiger charge is 2.60. The van der Waals surface area contributed by atoms with Gasteiger partial charge in [-0.15, -0.1) is 11.8 Å². The monoisotopic (exact) mass is 506 g/mol. The number of hydrogen-bond donors (Lipinski definition) is 0. The van der Waals surface area contributed by atoms with E-state index in [2.05, 4.69) is 10.0 Å². The number of nitro groups is 1. The van der Waals surface area contributed by atoms with Gasteiger partial charge < -0.3 is 4.74 Å². The minimum atomic E-state index is -1.13. The third-order valence-corrected chi connectivity index (χ3v) is 7.15. The summed E-state index contributed by atoms with van der Waals surface area (Å²) in [6, 6.07) is 10.5. The van der Waals surface area contributed by atoms with Crippen molar-refractivity contribution in [3.63, 3.8) is 0 Å². The zero-order valence-electron chi connectivity index (χ0n) is 18.1. The lowest BCUT2D eigenvalue weighted by Crippen LogP contribution is -2.71. The van der Waals surface area contributed by atoms with Gasteiger partial charge in [0.1, 0.15) is 23.7 Å². The Morgan fingerprint density at radius 3 is 2.33 bits per heavy atom. The van der Waals surface area contributed by atoms with Crippen LogP contribution in [0.1, 0.15) is 26.3 Å². The number of fused-ring (bicyclic) bond motifs is 2. The minimum Gasteiger partial charge on any atom is -0.456 e. The number of imide groups is 1. The van der Waals surface area contributed by atoms with Crippen LogP contribution in [-0.4, -0.2) is 55.6 Å². The Labute approximate surface area is 206 Å². The highest BCUT2D eigenvalue weighted by Crippen LogP contribution is 2.44. The molecule has 0 N–H and O–H groups in total. The van der Waals surface area contributed by atoms with E-state index >= 15 is 0 Å². The van der Waals surface area contributed by atoms with Crippen LogP contribution in [0.2, 0.25) is 0 Å². The second-order valence-electron chi connectivity index (χ2n) is 7.86. The van der Waals surface area contributed by atoms with E-state index in [9.17, 15) is 29.3 Å². The van der Waals surface area contributed by atoms with Gasteiger partial charge in [-0.2, -0.15) is 0 Å². The van der Waals surface area contributed by atoms with Crippen LogP contribution in [0.3, 0.4) is 0 Å². The number of β-lactam (4-membered cyclic amide) rings is 1. The first-order chi connectivity index (χ1) is 17.3. The normalized spacial score (nSPS) is 20.4. The number of nitro benzene ring substituents is 1. The van der Waals surface area contributed by atoms with Crippen LogP contribution in [0, 0.1) is 10.1 Å². The number of thioether (sulfide) groups is 1. The first kappa shape index (κ1) is 23.1. The third kappa shape index (κ3) is 3.56. The van der Waals surface area contributed by atoms with E-state index in [1.165, 1.54) is 36.4 Å². The molecule has 1 unspecified atom stereocenters. The molecule has 13 nitrogen and oxygen atoms in total. The Bertz CT molecular complexity index is 1400. The van der Waals surface area contributed by atoms with Gasteiger partial charge in [-0.1, -0.05) is 17.2 Å². The molecule has 0 bridgehead atoms. The van der Waals surface area contributed by atoms with Gasteiger partial charge >= 0.3 is 5.97 Å². The molecule has 1 saturated heterocycles. The van der Waals surface area contributed by atoms with Gasteiger partial charge in [-0.05, 0) is 35.4 Å². The Hall–Kier alpha value is -4.68. The summed E-state index contributed by atoms with van der Waals surface area (Å²) in [6.07, 6.45) is 0. The van der Waals surface area contributed by atoms with Crippen LogP contribution in [0.25, 0.3) is 10.4 Å². The van der Waals surface area contributed by atoms with Crippen molar-refractivity contribution in [1.29, 1.82) is 0 Å². The van der Waals surface area contributed by atoms with Crippen LogP contribution in [0.4, 0.5) is 5.69 Å². The van der Waals surface area contributed by atoms with Crippen LogP contribution < -0.4 is 0 Å². The Morgan fingerprint density at radius 1 is 1.11 bits per heavy atom. The maximum Gasteiger partial charge on any atom is 0.355 e. The number of carbonyl (C=O) groups is 4. The minimum absolute atomic E-state index is 0.0263. The van der Waals surface area contributed by atoms with Gasteiger partial charge in [0.2, 0.25) is 0 Å². The van der Waals surface area contributed by atoms with E-state index in [0.717, 1.165) is 21.6 Å². The molecular weight excluding hydrogens is 492 g/mol. The number of non-ortho nitro benzene ring substituents is 1. The van der Waals surface area contributed by atoms with E-state index in [1.807, 2.05) is 0 Å². The number of hydrogen-bond acceptors (Lipinski definition) is 9. The first-order valence-electron chi connectivity index (χ1n) is 10.4. The number of esters is 1. The molecule has 0 saturated carbocycles. The van der Waals surface area contributed by atoms with Gasteiger partial charge in [-0.25, -0.2) is 4.79 Å². The largest absolute Gasteiger partial charge is 0.456 e. The predicted molar refractivity (Wildman–Crippen MR) is 123 cm³/mol. The fourth-order valence-corrected chi connectivity index (χ4v) is 5.50. The first-order valence-corrected chi connectivity index (χ1v) is 11.5. The molecule has 36 heavy (non-hydrogen) atoms. The zero-order valence-corrected chi connectivity index (χ0v) is 19.0. The van der Waals surface area contributed by atoms with E-state index < -0.39 is 40.0 Å². The van der Waals surface area contributed by atoms with Crippen molar-refractivity contribution in [1.82, 2.24) is 9.80 Å². The Morgan fingerprint density at radius 2 is 1.75 bits per heavy atom. The van der Waals surface area contributed by atoms with Crippen LogP contribution in [0.15, 0.2) is 65.0 Å². The Balaban J connectivity index is 1.37. The molecule has 3 aliphatic rings. The molecule has 14 heteroatoms. The highest BCUT2D eigenvalue weighted by molar-refractivity contribution is 8.00. The van der Waals surface area contributed by atoms with Gasteiger partial charge in [0.05, 0.1) is 21.7 Å². The fraction of sp³-hybridized carbons (Fsp3) is 0.182. The van der Waals surface area contributed by atoms with Gasteiger partial charge in [0, 0.05) is 22.8 Å². The number of azide groups is 1. The molecule has 2 atom stereocenters. The van der Waals surface area contributed by atoms with E-state index in [1.54, 1.807) is 12.1 Å². The molecule has 3 aliphatic heterocycles. The van der Waals surface area contributed by atoms with Crippen LogP contribution in [0.5, 0.6) is 0 Å². The van der Waals surface area contributed by atoms with Gasteiger partial charge in [-0.3, -0.25) is 34.3 Å². The van der Waals surface area contributed by atoms with Crippen molar-refractivity contribution in [3.8, 4) is 0 Å². The molecule has 0 aromatic heterocycles. The molecule has 1 fully saturated rings. The summed E-state index contributed by atoms with van der Waals surface area (Å²) in [5, 5.41) is 13.6. The van der Waals surface area contributed by atoms with Crippen molar-refractivity contribution < 1.29 is 28.8 Å². The summed E-state index contributed by atoms with van der Waals surface area (Å²) in [6.45, 7) is -0.258. The summed E-state index contributed by atoms with van der Waals surface area (Å²) < 4.78 is 5.30. The molecular formula is C22H14N6O7S. The lowest BCUT2D eigenvalue weighted by molar-refractivity contribution is -0.384. The third-order valence-electron chi connectivity index (χ3n) is 5.90. The topological polar surface area (TPSA) is 176 Å². The summed E-state index contributed by atoms with van der Waals surface area (Å²) >= 11 is 1.15. The average Bonchev–Trinajstić information content (AvgIpc) is 3.13. The second-order valence-corrected chi connectivity index (χ2v) is 8.97. The van der Waals surface area contributed by atoms with Gasteiger partial charge in [0.25, 0.3) is 23.4 Å². The molecule has 3 heterocycles. The molecule has 2 aromatic rings. The van der Waals surface area contributed by atoms with Gasteiger partial charge in [0.15, 0.2) is 0 Å². The van der Waals surface area contributed by atoms with Crippen molar-refractivity contribution in [2.24, 2.45) is 5.11 Å². The number of carbonyl (C=O) groups excluding carboxylic acids is 4. The molecule has 3 amide bonds. The number of amides is 3.